The van der Waals surface area contributed by atoms with Gasteiger partial charge in [-0.1, -0.05) is 30.3 Å². The number of hydrogen-bond acceptors (Lipinski definition) is 3. The average Bonchev–Trinajstić information content (AvgIpc) is 2.38. The zero-order chi connectivity index (χ0) is 12.1. The van der Waals surface area contributed by atoms with Crippen molar-refractivity contribution >= 4 is 22.5 Å². The molecule has 2 N–H and O–H groups in total. The summed E-state index contributed by atoms with van der Waals surface area (Å²) in [7, 11) is 0. The molecule has 2 aromatic carbocycles. The van der Waals surface area contributed by atoms with Crippen LogP contribution >= 0.6 is 11.8 Å². The summed E-state index contributed by atoms with van der Waals surface area (Å²) in [5, 5.41) is 11.1. The van der Waals surface area contributed by atoms with Crippen LogP contribution < -0.4 is 5.73 Å². The second-order valence-electron chi connectivity index (χ2n) is 3.88. The molecule has 0 aliphatic carbocycles. The van der Waals surface area contributed by atoms with Crippen LogP contribution in [0.3, 0.4) is 0 Å². The van der Waals surface area contributed by atoms with Gasteiger partial charge in [-0.15, -0.1) is 11.8 Å². The third kappa shape index (κ3) is 3.23. The highest BCUT2D eigenvalue weighted by Crippen LogP contribution is 2.24. The molecule has 1 atom stereocenters. The van der Waals surface area contributed by atoms with Crippen LogP contribution in [0.25, 0.3) is 10.8 Å². The first-order valence-corrected chi connectivity index (χ1v) is 6.55. The summed E-state index contributed by atoms with van der Waals surface area (Å²) in [6.45, 7) is 0. The molecule has 3 heteroatoms. The van der Waals surface area contributed by atoms with Crippen LogP contribution in [0.5, 0.6) is 0 Å². The Morgan fingerprint density at radius 2 is 1.94 bits per heavy atom. The van der Waals surface area contributed by atoms with Gasteiger partial charge < -0.3 is 5.73 Å². The number of benzene rings is 2. The Labute approximate surface area is 105 Å². The molecule has 0 bridgehead atoms. The van der Waals surface area contributed by atoms with Crippen LogP contribution in [0.2, 0.25) is 0 Å². The lowest BCUT2D eigenvalue weighted by atomic mass is 10.1. The van der Waals surface area contributed by atoms with Gasteiger partial charge in [0.1, 0.15) is 0 Å². The third-order valence-corrected chi connectivity index (χ3v) is 3.61. The van der Waals surface area contributed by atoms with Crippen molar-refractivity contribution in [2.24, 2.45) is 5.73 Å². The average molecular weight is 242 g/mol. The van der Waals surface area contributed by atoms with E-state index in [1.807, 2.05) is 18.2 Å². The van der Waals surface area contributed by atoms with Gasteiger partial charge in [0.25, 0.3) is 0 Å². The summed E-state index contributed by atoms with van der Waals surface area (Å²) in [4.78, 5) is 1.23. The van der Waals surface area contributed by atoms with E-state index >= 15 is 0 Å². The van der Waals surface area contributed by atoms with Crippen molar-refractivity contribution in [2.45, 2.75) is 17.4 Å². The molecule has 0 aromatic heterocycles. The van der Waals surface area contributed by atoms with Gasteiger partial charge >= 0.3 is 0 Å². The Morgan fingerprint density at radius 1 is 1.18 bits per heavy atom. The zero-order valence-corrected chi connectivity index (χ0v) is 10.3. The number of thioether (sulfide) groups is 1. The van der Waals surface area contributed by atoms with Crippen LogP contribution in [-0.4, -0.2) is 11.8 Å². The van der Waals surface area contributed by atoms with Crippen molar-refractivity contribution < 1.29 is 0 Å². The minimum absolute atomic E-state index is 0.344. The topological polar surface area (TPSA) is 49.8 Å². The number of nitrogens with two attached hydrogens (primary N) is 1. The number of nitrogens with zero attached hydrogens (tertiary/aromatic N) is 1. The molecule has 0 saturated heterocycles. The Kier molecular flexibility index (Phi) is 4.03. The molecule has 0 spiro atoms. The summed E-state index contributed by atoms with van der Waals surface area (Å²) in [5.74, 6) is 0.882. The van der Waals surface area contributed by atoms with Crippen molar-refractivity contribution in [3.05, 3.63) is 42.5 Å². The first-order chi connectivity index (χ1) is 8.29. The lowest BCUT2D eigenvalue weighted by Gasteiger charge is -2.04. The molecule has 0 fully saturated rings. The van der Waals surface area contributed by atoms with Crippen LogP contribution in [0.15, 0.2) is 47.4 Å². The first kappa shape index (κ1) is 12.0. The molecular formula is C14H14N2S. The molecule has 0 radical (unpaired) electrons. The molecular weight excluding hydrogens is 228 g/mol. The highest BCUT2D eigenvalue weighted by atomic mass is 32.2. The fraction of sp³-hybridized carbons (Fsp3) is 0.214. The van der Waals surface area contributed by atoms with E-state index in [4.69, 9.17) is 11.0 Å². The molecule has 2 rings (SSSR count). The lowest BCUT2D eigenvalue weighted by Crippen LogP contribution is -2.17. The maximum Gasteiger partial charge on any atom is 0.0936 e. The van der Waals surface area contributed by atoms with Crippen molar-refractivity contribution in [1.29, 1.82) is 5.26 Å². The second-order valence-corrected chi connectivity index (χ2v) is 5.05. The Hall–Kier alpha value is -1.50. The Balaban J connectivity index is 2.02. The van der Waals surface area contributed by atoms with Gasteiger partial charge in [0.2, 0.25) is 0 Å². The van der Waals surface area contributed by atoms with Crippen LogP contribution in [0.1, 0.15) is 6.42 Å². The molecule has 86 valence electrons. The molecule has 0 saturated carbocycles. The number of nitriles is 1. The molecule has 17 heavy (non-hydrogen) atoms. The van der Waals surface area contributed by atoms with E-state index in [1.54, 1.807) is 11.8 Å². The maximum atomic E-state index is 8.59. The van der Waals surface area contributed by atoms with E-state index < -0.39 is 0 Å². The Morgan fingerprint density at radius 3 is 2.71 bits per heavy atom. The van der Waals surface area contributed by atoms with E-state index in [9.17, 15) is 0 Å². The minimum Gasteiger partial charge on any atom is -0.316 e. The van der Waals surface area contributed by atoms with Gasteiger partial charge in [-0.2, -0.15) is 5.26 Å². The smallest absolute Gasteiger partial charge is 0.0936 e. The quantitative estimate of drug-likeness (QED) is 0.838. The molecule has 0 aliphatic rings. The van der Waals surface area contributed by atoms with Crippen molar-refractivity contribution in [2.75, 3.05) is 5.75 Å². The van der Waals surface area contributed by atoms with E-state index in [0.717, 1.165) is 12.2 Å². The largest absolute Gasteiger partial charge is 0.316 e. The van der Waals surface area contributed by atoms with Crippen LogP contribution in [0, 0.1) is 11.3 Å². The molecule has 0 heterocycles. The van der Waals surface area contributed by atoms with Gasteiger partial charge in [-0.05, 0) is 29.3 Å². The van der Waals surface area contributed by atoms with Crippen LogP contribution in [-0.2, 0) is 0 Å². The monoisotopic (exact) mass is 242 g/mol. The minimum atomic E-state index is -0.344. The number of rotatable bonds is 4. The first-order valence-electron chi connectivity index (χ1n) is 5.56. The summed E-state index contributed by atoms with van der Waals surface area (Å²) >= 11 is 1.75. The van der Waals surface area contributed by atoms with E-state index in [1.165, 1.54) is 15.7 Å². The van der Waals surface area contributed by atoms with Crippen molar-refractivity contribution in [1.82, 2.24) is 0 Å². The van der Waals surface area contributed by atoms with Crippen molar-refractivity contribution in [3.8, 4) is 6.07 Å². The highest BCUT2D eigenvalue weighted by molar-refractivity contribution is 7.99. The fourth-order valence-electron chi connectivity index (χ4n) is 1.63. The van der Waals surface area contributed by atoms with Gasteiger partial charge in [0.15, 0.2) is 0 Å². The second kappa shape index (κ2) is 5.72. The standard InChI is InChI=1S/C14H14N2S/c15-10-13(16)7-8-17-14-6-5-11-3-1-2-4-12(11)9-14/h1-6,9,13H,7-8,16H2. The summed E-state index contributed by atoms with van der Waals surface area (Å²) in [5.41, 5.74) is 5.55. The van der Waals surface area contributed by atoms with E-state index in [2.05, 4.69) is 30.3 Å². The summed E-state index contributed by atoms with van der Waals surface area (Å²) in [6.07, 6.45) is 0.730. The summed E-state index contributed by atoms with van der Waals surface area (Å²) < 4.78 is 0. The zero-order valence-electron chi connectivity index (χ0n) is 9.47. The highest BCUT2D eigenvalue weighted by Gasteiger charge is 2.01. The van der Waals surface area contributed by atoms with E-state index in [0.29, 0.717) is 0 Å². The number of fused-ring (bicyclic) bond motifs is 1. The third-order valence-electron chi connectivity index (χ3n) is 2.58. The molecule has 2 nitrogen and oxygen atoms in total. The van der Waals surface area contributed by atoms with Gasteiger partial charge in [-0.3, -0.25) is 0 Å². The van der Waals surface area contributed by atoms with Crippen LogP contribution in [0.4, 0.5) is 0 Å². The number of hydrogen-bond donors (Lipinski definition) is 1. The SMILES string of the molecule is N#CC(N)CCSc1ccc2ccccc2c1. The molecule has 1 unspecified atom stereocenters. The molecule has 0 aliphatic heterocycles. The molecule has 2 aromatic rings. The summed E-state index contributed by atoms with van der Waals surface area (Å²) in [6, 6.07) is 16.4. The fourth-order valence-corrected chi connectivity index (χ4v) is 2.61. The normalized spacial score (nSPS) is 12.2. The maximum absolute atomic E-state index is 8.59. The van der Waals surface area contributed by atoms with Gasteiger partial charge in [-0.25, -0.2) is 0 Å². The predicted molar refractivity (Wildman–Crippen MR) is 72.9 cm³/mol. The van der Waals surface area contributed by atoms with Gasteiger partial charge in [0, 0.05) is 10.6 Å². The van der Waals surface area contributed by atoms with Gasteiger partial charge in [0.05, 0.1) is 12.1 Å². The predicted octanol–water partition coefficient (Wildman–Crippen LogP) is 3.17. The van der Waals surface area contributed by atoms with Crippen molar-refractivity contribution in [3.63, 3.8) is 0 Å². The lowest BCUT2D eigenvalue weighted by molar-refractivity contribution is 0.803. The van der Waals surface area contributed by atoms with E-state index in [-0.39, 0.29) is 6.04 Å². The molecule has 0 amide bonds. The Bertz CT molecular complexity index is 545.